The summed E-state index contributed by atoms with van der Waals surface area (Å²) in [5.41, 5.74) is 0.867. The third kappa shape index (κ3) is 6.28. The molecule has 7 heteroatoms. The quantitative estimate of drug-likeness (QED) is 0.812. The second-order valence-corrected chi connectivity index (χ2v) is 6.23. The first-order valence-electron chi connectivity index (χ1n) is 5.62. The topological polar surface area (TPSA) is 66.4 Å². The van der Waals surface area contributed by atoms with E-state index in [0.29, 0.717) is 0 Å². The number of alkyl halides is 3. The molecule has 0 aromatic heterocycles. The van der Waals surface area contributed by atoms with Gasteiger partial charge in [-0.05, 0) is 5.56 Å². The monoisotopic (exact) mass is 335 g/mol. The van der Waals surface area contributed by atoms with Gasteiger partial charge in [-0.2, -0.15) is 0 Å². The fourth-order valence-electron chi connectivity index (χ4n) is 1.40. The first kappa shape index (κ1) is 16.8. The minimum absolute atomic E-state index is 0.310. The Bertz CT molecular complexity index is 497. The minimum atomic E-state index is -2.13. The van der Waals surface area contributed by atoms with Crippen LogP contribution >= 0.6 is 34.8 Å². The summed E-state index contributed by atoms with van der Waals surface area (Å²) in [5.74, 6) is -1.94. The fourth-order valence-corrected chi connectivity index (χ4v) is 1.56. The lowest BCUT2D eigenvalue weighted by molar-refractivity contribution is -0.137. The van der Waals surface area contributed by atoms with Crippen LogP contribution in [0.3, 0.4) is 0 Å². The van der Waals surface area contributed by atoms with Gasteiger partial charge >= 0.3 is 5.97 Å². The van der Waals surface area contributed by atoms with Gasteiger partial charge in [0, 0.05) is 0 Å². The summed E-state index contributed by atoms with van der Waals surface area (Å²) in [4.78, 5) is 22.3. The molecule has 0 aliphatic rings. The molecule has 0 unspecified atom stereocenters. The van der Waals surface area contributed by atoms with Gasteiger partial charge in [0.1, 0.15) is 0 Å². The van der Waals surface area contributed by atoms with Crippen LogP contribution in [0.5, 0.6) is 0 Å². The molecule has 1 amide bonds. The standard InChI is InChI=1S/C13H12Cl3NO3/c14-13(15,16)12(20)17-10(8-11(18)19)7-6-9-4-2-1-3-5-9/h1-7,10H,8H2,(H,17,20)(H,18,19)/b7-6+/t10-/m0/s1. The molecule has 0 saturated carbocycles. The number of carboxylic acid groups (broad SMARTS) is 1. The molecule has 1 atom stereocenters. The number of carbonyl (C=O) groups is 2. The van der Waals surface area contributed by atoms with Gasteiger partial charge in [0.05, 0.1) is 12.5 Å². The number of halogens is 3. The Kier molecular flexibility index (Phi) is 6.33. The van der Waals surface area contributed by atoms with E-state index in [-0.39, 0.29) is 6.42 Å². The number of hydrogen-bond donors (Lipinski definition) is 2. The van der Waals surface area contributed by atoms with Gasteiger partial charge in [-0.1, -0.05) is 77.3 Å². The third-order valence-corrected chi connectivity index (χ3v) is 2.80. The highest BCUT2D eigenvalue weighted by Crippen LogP contribution is 2.26. The highest BCUT2D eigenvalue weighted by molar-refractivity contribution is 6.76. The molecule has 0 radical (unpaired) electrons. The van der Waals surface area contributed by atoms with Crippen molar-refractivity contribution in [3.8, 4) is 0 Å². The predicted octanol–water partition coefficient (Wildman–Crippen LogP) is 3.03. The second-order valence-electron chi connectivity index (χ2n) is 3.95. The first-order valence-corrected chi connectivity index (χ1v) is 6.75. The molecular formula is C13H12Cl3NO3. The normalized spacial score (nSPS) is 13.2. The number of rotatable bonds is 5. The molecule has 1 aromatic carbocycles. The molecule has 0 aliphatic heterocycles. The van der Waals surface area contributed by atoms with Crippen molar-refractivity contribution >= 4 is 52.8 Å². The summed E-state index contributed by atoms with van der Waals surface area (Å²) in [5, 5.41) is 11.2. The van der Waals surface area contributed by atoms with Gasteiger partial charge < -0.3 is 10.4 Å². The summed E-state index contributed by atoms with van der Waals surface area (Å²) in [7, 11) is 0. The highest BCUT2D eigenvalue weighted by atomic mass is 35.6. The van der Waals surface area contributed by atoms with E-state index in [9.17, 15) is 9.59 Å². The number of amides is 1. The maximum absolute atomic E-state index is 11.5. The molecule has 20 heavy (non-hydrogen) atoms. The van der Waals surface area contributed by atoms with E-state index in [1.165, 1.54) is 6.08 Å². The molecule has 1 rings (SSSR count). The van der Waals surface area contributed by atoms with Crippen molar-refractivity contribution in [2.75, 3.05) is 0 Å². The summed E-state index contributed by atoms with van der Waals surface area (Å²) in [6.07, 6.45) is 2.92. The van der Waals surface area contributed by atoms with Crippen molar-refractivity contribution in [2.45, 2.75) is 16.3 Å². The van der Waals surface area contributed by atoms with Crippen LogP contribution in [0.4, 0.5) is 0 Å². The van der Waals surface area contributed by atoms with Crippen molar-refractivity contribution < 1.29 is 14.7 Å². The first-order chi connectivity index (χ1) is 9.29. The zero-order chi connectivity index (χ0) is 15.2. The second kappa shape index (κ2) is 7.53. The molecule has 0 heterocycles. The summed E-state index contributed by atoms with van der Waals surface area (Å²) >= 11 is 16.3. The van der Waals surface area contributed by atoms with Gasteiger partial charge in [-0.25, -0.2) is 0 Å². The van der Waals surface area contributed by atoms with Crippen LogP contribution in [-0.4, -0.2) is 26.8 Å². The molecule has 4 nitrogen and oxygen atoms in total. The average molecular weight is 337 g/mol. The van der Waals surface area contributed by atoms with E-state index in [4.69, 9.17) is 39.9 Å². The van der Waals surface area contributed by atoms with Crippen molar-refractivity contribution in [3.05, 3.63) is 42.0 Å². The molecule has 0 spiro atoms. The van der Waals surface area contributed by atoms with E-state index >= 15 is 0 Å². The Labute approximate surface area is 131 Å². The molecule has 0 aliphatic carbocycles. The molecule has 2 N–H and O–H groups in total. The summed E-state index contributed by atoms with van der Waals surface area (Å²) < 4.78 is -2.13. The van der Waals surface area contributed by atoms with E-state index in [1.807, 2.05) is 30.3 Å². The molecule has 1 aromatic rings. The highest BCUT2D eigenvalue weighted by Gasteiger charge is 2.32. The van der Waals surface area contributed by atoms with Crippen molar-refractivity contribution in [1.82, 2.24) is 5.32 Å². The third-order valence-electron chi connectivity index (χ3n) is 2.29. The molecule has 0 saturated heterocycles. The van der Waals surface area contributed by atoms with Crippen LogP contribution in [0.15, 0.2) is 36.4 Å². The van der Waals surface area contributed by atoms with Crippen LogP contribution in [0.1, 0.15) is 12.0 Å². The lowest BCUT2D eigenvalue weighted by Gasteiger charge is -2.17. The van der Waals surface area contributed by atoms with Crippen LogP contribution in [-0.2, 0) is 9.59 Å². The average Bonchev–Trinajstić information content (AvgIpc) is 2.35. The minimum Gasteiger partial charge on any atom is -0.481 e. The Hall–Kier alpha value is -1.23. The number of aliphatic carboxylic acids is 1. The van der Waals surface area contributed by atoms with Crippen molar-refractivity contribution in [3.63, 3.8) is 0 Å². The van der Waals surface area contributed by atoms with E-state index in [0.717, 1.165) is 5.56 Å². The Morgan fingerprint density at radius 3 is 2.35 bits per heavy atom. The number of hydrogen-bond acceptors (Lipinski definition) is 2. The van der Waals surface area contributed by atoms with Gasteiger partial charge in [0.15, 0.2) is 0 Å². The van der Waals surface area contributed by atoms with Crippen molar-refractivity contribution in [1.29, 1.82) is 0 Å². The van der Waals surface area contributed by atoms with Gasteiger partial charge in [0.2, 0.25) is 0 Å². The number of benzene rings is 1. The lowest BCUT2D eigenvalue weighted by Crippen LogP contribution is -2.41. The lowest BCUT2D eigenvalue weighted by atomic mass is 10.1. The van der Waals surface area contributed by atoms with Crippen LogP contribution in [0.2, 0.25) is 0 Å². The van der Waals surface area contributed by atoms with Crippen LogP contribution < -0.4 is 5.32 Å². The summed E-state index contributed by atoms with van der Waals surface area (Å²) in [6.45, 7) is 0. The Morgan fingerprint density at radius 1 is 1.25 bits per heavy atom. The van der Waals surface area contributed by atoms with E-state index < -0.39 is 21.7 Å². The van der Waals surface area contributed by atoms with Gasteiger partial charge in [0.25, 0.3) is 9.70 Å². The SMILES string of the molecule is O=C(O)C[C@H](/C=C/c1ccccc1)NC(=O)C(Cl)(Cl)Cl. The van der Waals surface area contributed by atoms with E-state index in [2.05, 4.69) is 5.32 Å². The van der Waals surface area contributed by atoms with E-state index in [1.54, 1.807) is 6.08 Å². The maximum atomic E-state index is 11.5. The predicted molar refractivity (Wildman–Crippen MR) is 79.9 cm³/mol. The Morgan fingerprint density at radius 2 is 1.85 bits per heavy atom. The zero-order valence-electron chi connectivity index (χ0n) is 10.2. The molecule has 0 bridgehead atoms. The Balaban J connectivity index is 2.77. The summed E-state index contributed by atoms with van der Waals surface area (Å²) in [6, 6.07) is 8.44. The van der Waals surface area contributed by atoms with Gasteiger partial charge in [-0.3, -0.25) is 9.59 Å². The van der Waals surface area contributed by atoms with Gasteiger partial charge in [-0.15, -0.1) is 0 Å². The molecule has 108 valence electrons. The number of carbonyl (C=O) groups excluding carboxylic acids is 1. The van der Waals surface area contributed by atoms with Crippen molar-refractivity contribution in [2.24, 2.45) is 0 Å². The smallest absolute Gasteiger partial charge is 0.305 e. The number of carboxylic acids is 1. The molecular weight excluding hydrogens is 325 g/mol. The van der Waals surface area contributed by atoms with Crippen LogP contribution in [0.25, 0.3) is 6.08 Å². The number of nitrogens with one attached hydrogen (secondary N) is 1. The zero-order valence-corrected chi connectivity index (χ0v) is 12.5. The molecule has 0 fully saturated rings. The van der Waals surface area contributed by atoms with Crippen LogP contribution in [0, 0.1) is 0 Å². The maximum Gasteiger partial charge on any atom is 0.305 e. The fraction of sp³-hybridized carbons (Fsp3) is 0.231. The largest absolute Gasteiger partial charge is 0.481 e.